The van der Waals surface area contributed by atoms with E-state index in [0.29, 0.717) is 54.6 Å². The van der Waals surface area contributed by atoms with Gasteiger partial charge in [0.05, 0.1) is 31.3 Å². The molecule has 1 amide bonds. The zero-order chi connectivity index (χ0) is 17.8. The number of aromatic nitrogens is 1. The lowest BCUT2D eigenvalue weighted by atomic mass is 10.4. The molecule has 1 aromatic heterocycles. The summed E-state index contributed by atoms with van der Waals surface area (Å²) in [7, 11) is 1.57. The van der Waals surface area contributed by atoms with E-state index in [0.717, 1.165) is 0 Å². The summed E-state index contributed by atoms with van der Waals surface area (Å²) in [5.41, 5.74) is 0.197. The van der Waals surface area contributed by atoms with E-state index in [4.69, 9.17) is 26.1 Å². The van der Waals surface area contributed by atoms with Gasteiger partial charge in [0.2, 0.25) is 17.5 Å². The molecule has 3 heterocycles. The Hall–Kier alpha value is -1.93. The summed E-state index contributed by atoms with van der Waals surface area (Å²) in [5.74, 6) is 0.411. The fraction of sp³-hybridized carbons (Fsp3) is 0.467. The molecule has 0 aromatic carbocycles. The number of anilines is 1. The van der Waals surface area contributed by atoms with Gasteiger partial charge >= 0.3 is 0 Å². The van der Waals surface area contributed by atoms with Crippen LogP contribution in [0, 0.1) is 11.3 Å². The third-order valence-corrected chi connectivity index (χ3v) is 5.05. The van der Waals surface area contributed by atoms with E-state index in [-0.39, 0.29) is 17.5 Å². The predicted molar refractivity (Wildman–Crippen MR) is 96.0 cm³/mol. The molecule has 0 bridgehead atoms. The first kappa shape index (κ1) is 17.9. The second-order valence-electron chi connectivity index (χ2n) is 5.24. The topological polar surface area (TPSA) is 91.8 Å². The van der Waals surface area contributed by atoms with Crippen LogP contribution >= 0.6 is 24.0 Å². The maximum absolute atomic E-state index is 12.4. The SMILES string of the molecule is COCCN1C(=O)C(=Cc2nc(C#N)c(N3CCOCC3)o2)SC1=S. The van der Waals surface area contributed by atoms with Crippen LogP contribution in [0.25, 0.3) is 6.08 Å². The minimum absolute atomic E-state index is 0.197. The molecule has 0 unspecified atom stereocenters. The number of ether oxygens (including phenoxy) is 2. The van der Waals surface area contributed by atoms with Crippen molar-refractivity contribution in [1.82, 2.24) is 9.88 Å². The van der Waals surface area contributed by atoms with Crippen LogP contribution in [0.1, 0.15) is 11.6 Å². The van der Waals surface area contributed by atoms with Crippen molar-refractivity contribution in [3.63, 3.8) is 0 Å². The van der Waals surface area contributed by atoms with Crippen molar-refractivity contribution in [2.24, 2.45) is 0 Å². The Morgan fingerprint density at radius 3 is 2.92 bits per heavy atom. The lowest BCUT2D eigenvalue weighted by Crippen LogP contribution is -2.36. The number of carbonyl (C=O) groups is 1. The number of rotatable bonds is 5. The fourth-order valence-corrected chi connectivity index (χ4v) is 3.70. The van der Waals surface area contributed by atoms with Crippen LogP contribution in [0.2, 0.25) is 0 Å². The van der Waals surface area contributed by atoms with Gasteiger partial charge in [-0.05, 0) is 0 Å². The molecule has 2 fully saturated rings. The van der Waals surface area contributed by atoms with Crippen molar-refractivity contribution >= 4 is 46.2 Å². The number of morpholine rings is 1. The lowest BCUT2D eigenvalue weighted by molar-refractivity contribution is -0.122. The number of amides is 1. The number of nitriles is 1. The minimum Gasteiger partial charge on any atom is -0.420 e. The van der Waals surface area contributed by atoms with Crippen molar-refractivity contribution in [2.45, 2.75) is 0 Å². The van der Waals surface area contributed by atoms with E-state index in [2.05, 4.69) is 4.98 Å². The number of carbonyl (C=O) groups excluding carboxylic acids is 1. The number of thiocarbonyl (C=S) groups is 1. The molecule has 8 nitrogen and oxygen atoms in total. The summed E-state index contributed by atoms with van der Waals surface area (Å²) < 4.78 is 16.5. The molecule has 3 rings (SSSR count). The van der Waals surface area contributed by atoms with Crippen LogP contribution in [0.5, 0.6) is 0 Å². The van der Waals surface area contributed by atoms with Crippen LogP contribution in [-0.4, -0.2) is 66.7 Å². The number of oxazole rings is 1. The van der Waals surface area contributed by atoms with E-state index in [1.807, 2.05) is 11.0 Å². The summed E-state index contributed by atoms with van der Waals surface area (Å²) in [4.78, 5) is 20.4. The molecule has 0 radical (unpaired) electrons. The van der Waals surface area contributed by atoms with Gasteiger partial charge in [-0.2, -0.15) is 10.2 Å². The molecule has 132 valence electrons. The van der Waals surface area contributed by atoms with E-state index in [9.17, 15) is 10.1 Å². The molecular formula is C15H16N4O4S2. The Labute approximate surface area is 154 Å². The lowest BCUT2D eigenvalue weighted by Gasteiger charge is -2.25. The van der Waals surface area contributed by atoms with Gasteiger partial charge < -0.3 is 18.8 Å². The zero-order valence-corrected chi connectivity index (χ0v) is 15.2. The Balaban J connectivity index is 1.82. The van der Waals surface area contributed by atoms with Gasteiger partial charge in [0.25, 0.3) is 5.91 Å². The Morgan fingerprint density at radius 1 is 1.48 bits per heavy atom. The summed E-state index contributed by atoms with van der Waals surface area (Å²) in [6, 6.07) is 2.03. The summed E-state index contributed by atoms with van der Waals surface area (Å²) in [5, 5.41) is 9.29. The molecule has 0 spiro atoms. The van der Waals surface area contributed by atoms with Crippen molar-refractivity contribution in [1.29, 1.82) is 5.26 Å². The molecule has 0 N–H and O–H groups in total. The molecule has 2 aliphatic heterocycles. The molecule has 1 aromatic rings. The number of hydrogen-bond acceptors (Lipinski definition) is 9. The zero-order valence-electron chi connectivity index (χ0n) is 13.6. The molecule has 2 aliphatic rings. The van der Waals surface area contributed by atoms with E-state index >= 15 is 0 Å². The van der Waals surface area contributed by atoms with E-state index < -0.39 is 0 Å². The maximum Gasteiger partial charge on any atom is 0.266 e. The van der Waals surface area contributed by atoms with Gasteiger partial charge in [0.1, 0.15) is 10.4 Å². The predicted octanol–water partition coefficient (Wildman–Crippen LogP) is 1.23. The normalized spacial score (nSPS) is 19.8. The molecule has 25 heavy (non-hydrogen) atoms. The number of hydrogen-bond donors (Lipinski definition) is 0. The van der Waals surface area contributed by atoms with E-state index in [1.165, 1.54) is 22.7 Å². The molecule has 10 heteroatoms. The molecule has 2 saturated heterocycles. The summed E-state index contributed by atoms with van der Waals surface area (Å²) in [6.07, 6.45) is 1.52. The Morgan fingerprint density at radius 2 is 2.24 bits per heavy atom. The van der Waals surface area contributed by atoms with Crippen LogP contribution < -0.4 is 4.90 Å². The van der Waals surface area contributed by atoms with Gasteiger partial charge in [-0.1, -0.05) is 24.0 Å². The largest absolute Gasteiger partial charge is 0.420 e. The Bertz CT molecular complexity index is 749. The van der Waals surface area contributed by atoms with Crippen LogP contribution in [0.3, 0.4) is 0 Å². The summed E-state index contributed by atoms with van der Waals surface area (Å²) >= 11 is 6.41. The molecular weight excluding hydrogens is 364 g/mol. The van der Waals surface area contributed by atoms with Crippen molar-refractivity contribution in [2.75, 3.05) is 51.5 Å². The standard InChI is InChI=1S/C15H16N4O4S2/c1-21-5-4-19-13(20)11(25-15(19)24)8-12-17-10(9-16)14(23-12)18-2-6-22-7-3-18/h8H,2-7H2,1H3. The van der Waals surface area contributed by atoms with Crippen LogP contribution in [0.15, 0.2) is 9.32 Å². The van der Waals surface area contributed by atoms with Gasteiger partial charge in [0.15, 0.2) is 0 Å². The van der Waals surface area contributed by atoms with Crippen LogP contribution in [-0.2, 0) is 14.3 Å². The molecule has 0 atom stereocenters. The van der Waals surface area contributed by atoms with E-state index in [1.54, 1.807) is 7.11 Å². The number of nitrogens with zero attached hydrogens (tertiary/aromatic N) is 4. The van der Waals surface area contributed by atoms with Crippen molar-refractivity contribution in [3.8, 4) is 6.07 Å². The van der Waals surface area contributed by atoms with Gasteiger partial charge in [0, 0.05) is 26.3 Å². The second-order valence-corrected chi connectivity index (χ2v) is 6.92. The quantitative estimate of drug-likeness (QED) is 0.552. The minimum atomic E-state index is -0.211. The number of methoxy groups -OCH3 is 1. The van der Waals surface area contributed by atoms with Crippen molar-refractivity contribution in [3.05, 3.63) is 16.5 Å². The summed E-state index contributed by atoms with van der Waals surface area (Å²) in [6.45, 7) is 3.19. The smallest absolute Gasteiger partial charge is 0.266 e. The van der Waals surface area contributed by atoms with Crippen LogP contribution in [0.4, 0.5) is 5.88 Å². The fourth-order valence-electron chi connectivity index (χ4n) is 2.43. The first-order chi connectivity index (χ1) is 12.1. The van der Waals surface area contributed by atoms with Gasteiger partial charge in [-0.3, -0.25) is 9.69 Å². The third-order valence-electron chi connectivity index (χ3n) is 3.68. The monoisotopic (exact) mass is 380 g/mol. The first-order valence-electron chi connectivity index (χ1n) is 7.62. The van der Waals surface area contributed by atoms with Gasteiger partial charge in [-0.15, -0.1) is 0 Å². The highest BCUT2D eigenvalue weighted by Crippen LogP contribution is 2.33. The second kappa shape index (κ2) is 7.97. The van der Waals surface area contributed by atoms with Crippen molar-refractivity contribution < 1.29 is 18.7 Å². The first-order valence-corrected chi connectivity index (χ1v) is 8.84. The number of thioether (sulfide) groups is 1. The highest BCUT2D eigenvalue weighted by molar-refractivity contribution is 8.26. The molecule has 0 aliphatic carbocycles. The Kier molecular flexibility index (Phi) is 5.70. The average molecular weight is 380 g/mol. The maximum atomic E-state index is 12.4. The van der Waals surface area contributed by atoms with Gasteiger partial charge in [-0.25, -0.2) is 0 Å². The average Bonchev–Trinajstić information content (AvgIpc) is 3.15. The molecule has 0 saturated carbocycles. The third kappa shape index (κ3) is 3.85. The highest BCUT2D eigenvalue weighted by atomic mass is 32.2. The highest BCUT2D eigenvalue weighted by Gasteiger charge is 2.32.